The Labute approximate surface area is 309 Å². The summed E-state index contributed by atoms with van der Waals surface area (Å²) in [5.41, 5.74) is -4.50. The molecule has 3 rings (SSSR count). The number of rotatable bonds is 8. The van der Waals surface area contributed by atoms with Gasteiger partial charge in [-0.25, -0.2) is 0 Å². The maximum atomic E-state index is 14.2. The number of nitrogens with one attached hydrogen (secondary N) is 1. The first-order valence-corrected chi connectivity index (χ1v) is 18.8. The first kappa shape index (κ1) is 44.9. The van der Waals surface area contributed by atoms with Gasteiger partial charge >= 0.3 is 5.97 Å². The molecule has 0 aromatic heterocycles. The lowest BCUT2D eigenvalue weighted by Gasteiger charge is -2.48. The Balaban J connectivity index is 2.17. The van der Waals surface area contributed by atoms with Crippen LogP contribution in [0.3, 0.4) is 0 Å². The Hall–Kier alpha value is -1.50. The Morgan fingerprint density at radius 1 is 0.981 bits per heavy atom. The molecule has 3 unspecified atom stereocenters. The highest BCUT2D eigenvalue weighted by Crippen LogP contribution is 2.40. The summed E-state index contributed by atoms with van der Waals surface area (Å²) in [5, 5.41) is 60.4. The van der Waals surface area contributed by atoms with Crippen LogP contribution < -0.4 is 5.32 Å². The van der Waals surface area contributed by atoms with Crippen LogP contribution in [-0.4, -0.2) is 154 Å². The number of nitrogens with zero attached hydrogens (tertiary/aromatic N) is 1. The second-order valence-electron chi connectivity index (χ2n) is 16.5. The third-order valence-electron chi connectivity index (χ3n) is 11.9. The van der Waals surface area contributed by atoms with Crippen molar-refractivity contribution in [3.05, 3.63) is 0 Å². The fourth-order valence-electron chi connectivity index (χ4n) is 8.50. The molecule has 52 heavy (non-hydrogen) atoms. The number of aliphatic hydroxyl groups is 5. The van der Waals surface area contributed by atoms with E-state index in [4.69, 9.17) is 28.4 Å². The number of ether oxygens (including phenoxy) is 6. The molecule has 15 heteroatoms. The molecule has 15 nitrogen and oxygen atoms in total. The Kier molecular flexibility index (Phi) is 15.5. The van der Waals surface area contributed by atoms with Gasteiger partial charge in [0, 0.05) is 32.0 Å². The normalized spacial score (nSPS) is 49.3. The summed E-state index contributed by atoms with van der Waals surface area (Å²) in [6.07, 6.45) is -8.89. The molecular formula is C37H68N2O13. The number of esters is 1. The average molecular weight is 749 g/mol. The van der Waals surface area contributed by atoms with E-state index in [1.54, 1.807) is 55.4 Å². The number of amides is 1. The van der Waals surface area contributed by atoms with Crippen LogP contribution >= 0.6 is 0 Å². The minimum atomic E-state index is -1.82. The molecule has 0 aliphatic carbocycles. The van der Waals surface area contributed by atoms with Crippen molar-refractivity contribution >= 4 is 12.4 Å². The summed E-state index contributed by atoms with van der Waals surface area (Å²) in [7, 11) is 3.30. The van der Waals surface area contributed by atoms with Crippen molar-refractivity contribution in [2.75, 3.05) is 20.7 Å². The van der Waals surface area contributed by atoms with E-state index < -0.39 is 108 Å². The molecule has 3 fully saturated rings. The highest BCUT2D eigenvalue weighted by molar-refractivity contribution is 5.73. The van der Waals surface area contributed by atoms with E-state index in [9.17, 15) is 35.1 Å². The number of likely N-dealkylation sites (N-methyl/N-ethyl adjacent to an activating group) is 1. The van der Waals surface area contributed by atoms with Crippen LogP contribution in [0.2, 0.25) is 0 Å². The van der Waals surface area contributed by atoms with Crippen LogP contribution in [0.15, 0.2) is 0 Å². The zero-order chi connectivity index (χ0) is 39.5. The molecule has 18 atom stereocenters. The molecule has 0 saturated carbocycles. The van der Waals surface area contributed by atoms with Gasteiger partial charge in [-0.1, -0.05) is 20.8 Å². The van der Waals surface area contributed by atoms with Crippen molar-refractivity contribution in [3.63, 3.8) is 0 Å². The quantitative estimate of drug-likeness (QED) is 0.152. The summed E-state index contributed by atoms with van der Waals surface area (Å²) in [6, 6.07) is -1.24. The molecule has 0 aromatic rings. The van der Waals surface area contributed by atoms with Gasteiger partial charge in [0.25, 0.3) is 0 Å². The minimum absolute atomic E-state index is 0.0999. The number of cyclic esters (lactones) is 1. The van der Waals surface area contributed by atoms with Crippen LogP contribution in [0.4, 0.5) is 0 Å². The van der Waals surface area contributed by atoms with Gasteiger partial charge < -0.3 is 64.2 Å². The van der Waals surface area contributed by atoms with E-state index in [-0.39, 0.29) is 25.2 Å². The minimum Gasteiger partial charge on any atom is -0.459 e. The van der Waals surface area contributed by atoms with Gasteiger partial charge in [-0.05, 0) is 80.7 Å². The van der Waals surface area contributed by atoms with Crippen molar-refractivity contribution in [1.29, 1.82) is 0 Å². The predicted octanol–water partition coefficient (Wildman–Crippen LogP) is 1.09. The number of aliphatic hydroxyl groups excluding tert-OH is 3. The molecule has 3 aliphatic rings. The first-order chi connectivity index (χ1) is 24.0. The van der Waals surface area contributed by atoms with Gasteiger partial charge in [0.05, 0.1) is 47.6 Å². The molecule has 3 aliphatic heterocycles. The van der Waals surface area contributed by atoms with Crippen LogP contribution in [0.1, 0.15) is 94.9 Å². The molecule has 3 saturated heterocycles. The monoisotopic (exact) mass is 748 g/mol. The fraction of sp³-hybridized carbons (Fsp3) is 0.946. The van der Waals surface area contributed by atoms with E-state index in [1.165, 1.54) is 14.0 Å². The molecule has 6 N–H and O–H groups in total. The van der Waals surface area contributed by atoms with Crippen molar-refractivity contribution in [1.82, 2.24) is 10.2 Å². The SMILES string of the molecule is CC[C@H]1OC(=O)[C@H](C)[C@@H](O[C@H]2C[C@](C)(OC)[C@@H](O)C(C)O2)[C@H](C)[C@@H](O[C@@H]2OC(C)C[C@H](NC=O)C2O)[C@](C)(O)C[C@@H](C)CN(C)[C@H](C)[C@@H](O)[C@]1(C)O. The molecule has 0 radical (unpaired) electrons. The van der Waals surface area contributed by atoms with Crippen molar-refractivity contribution < 1.29 is 63.5 Å². The molecule has 304 valence electrons. The summed E-state index contributed by atoms with van der Waals surface area (Å²) < 4.78 is 37.1. The van der Waals surface area contributed by atoms with Crippen molar-refractivity contribution in [2.24, 2.45) is 17.8 Å². The van der Waals surface area contributed by atoms with E-state index in [0.29, 0.717) is 19.4 Å². The zero-order valence-electron chi connectivity index (χ0n) is 33.2. The maximum absolute atomic E-state index is 14.2. The second-order valence-corrected chi connectivity index (χ2v) is 16.5. The molecule has 0 aromatic carbocycles. The van der Waals surface area contributed by atoms with Gasteiger partial charge in [0.15, 0.2) is 12.6 Å². The number of carbonyl (C=O) groups excluding carboxylic acids is 2. The summed E-state index contributed by atoms with van der Waals surface area (Å²) in [5.74, 6) is -2.79. The molecular weight excluding hydrogens is 680 g/mol. The zero-order valence-corrected chi connectivity index (χ0v) is 33.2. The van der Waals surface area contributed by atoms with Crippen LogP contribution in [0, 0.1) is 17.8 Å². The van der Waals surface area contributed by atoms with E-state index in [2.05, 4.69) is 5.32 Å². The standard InChI is InChI=1S/C37H68N2O13/c1-13-26-37(10,46)30(42)23(6)39(11)17-19(2)15-35(8,45)32(52-34-28(41)25(38-18-40)14-20(3)48-34)21(4)29(22(5)33(44)50-26)51-27-16-36(9,47-12)31(43)24(7)49-27/h18-32,34,41-43,45-46H,13-17H2,1-12H3,(H,38,40)/t19-,20?,21+,22-,23-,24?,25+,26-,27+,28?,29+,30-,31+,32-,34+,35-,36+,37-/m1/s1. The van der Waals surface area contributed by atoms with Gasteiger partial charge in [0.2, 0.25) is 6.41 Å². The smallest absolute Gasteiger partial charge is 0.311 e. The van der Waals surface area contributed by atoms with E-state index in [0.717, 1.165) is 0 Å². The van der Waals surface area contributed by atoms with Gasteiger partial charge in [-0.2, -0.15) is 0 Å². The number of carbonyl (C=O) groups is 2. The van der Waals surface area contributed by atoms with E-state index >= 15 is 0 Å². The number of hydrogen-bond acceptors (Lipinski definition) is 14. The predicted molar refractivity (Wildman–Crippen MR) is 190 cm³/mol. The number of methoxy groups -OCH3 is 1. The first-order valence-electron chi connectivity index (χ1n) is 18.8. The lowest BCUT2D eigenvalue weighted by molar-refractivity contribution is -0.315. The van der Waals surface area contributed by atoms with Crippen LogP contribution in [0.5, 0.6) is 0 Å². The average Bonchev–Trinajstić information content (AvgIpc) is 3.06. The second kappa shape index (κ2) is 18.0. The Bertz CT molecular complexity index is 1160. The Morgan fingerprint density at radius 3 is 2.19 bits per heavy atom. The molecule has 0 spiro atoms. The largest absolute Gasteiger partial charge is 0.459 e. The lowest BCUT2D eigenvalue weighted by Crippen LogP contribution is -2.60. The summed E-state index contributed by atoms with van der Waals surface area (Å²) in [6.45, 7) is 17.6. The highest BCUT2D eigenvalue weighted by atomic mass is 16.7. The fourth-order valence-corrected chi connectivity index (χ4v) is 8.50. The van der Waals surface area contributed by atoms with E-state index in [1.807, 2.05) is 18.9 Å². The molecule has 1 amide bonds. The molecule has 0 bridgehead atoms. The lowest BCUT2D eigenvalue weighted by atomic mass is 9.77. The number of hydrogen-bond donors (Lipinski definition) is 6. The van der Waals surface area contributed by atoms with Crippen LogP contribution in [0.25, 0.3) is 0 Å². The van der Waals surface area contributed by atoms with Crippen molar-refractivity contribution in [2.45, 2.75) is 185 Å². The van der Waals surface area contributed by atoms with Gasteiger partial charge in [0.1, 0.15) is 30.0 Å². The van der Waals surface area contributed by atoms with Gasteiger partial charge in [-0.15, -0.1) is 0 Å². The molecule has 3 heterocycles. The van der Waals surface area contributed by atoms with Gasteiger partial charge in [-0.3, -0.25) is 9.59 Å². The maximum Gasteiger partial charge on any atom is 0.311 e. The Morgan fingerprint density at radius 2 is 1.62 bits per heavy atom. The topological polar surface area (TPSA) is 206 Å². The summed E-state index contributed by atoms with van der Waals surface area (Å²) in [4.78, 5) is 27.4. The third-order valence-corrected chi connectivity index (χ3v) is 11.9. The van der Waals surface area contributed by atoms with Crippen molar-refractivity contribution in [3.8, 4) is 0 Å². The summed E-state index contributed by atoms with van der Waals surface area (Å²) >= 11 is 0. The van der Waals surface area contributed by atoms with Crippen LogP contribution in [-0.2, 0) is 38.0 Å². The highest BCUT2D eigenvalue weighted by Gasteiger charge is 2.52. The third kappa shape index (κ3) is 10.0.